The van der Waals surface area contributed by atoms with Gasteiger partial charge < -0.3 is 4.74 Å². The van der Waals surface area contributed by atoms with Gasteiger partial charge in [-0.15, -0.1) is 0 Å². The van der Waals surface area contributed by atoms with Gasteiger partial charge in [-0.1, -0.05) is 23.2 Å². The fraction of sp³-hybridized carbons (Fsp3) is 0.250. The van der Waals surface area contributed by atoms with Gasteiger partial charge in [0.05, 0.1) is 18.2 Å². The first-order valence-electron chi connectivity index (χ1n) is 4.51. The highest BCUT2D eigenvalue weighted by molar-refractivity contribution is 6.49. The summed E-state index contributed by atoms with van der Waals surface area (Å²) in [7, 11) is 1.58. The number of benzene rings is 1. The van der Waals surface area contributed by atoms with E-state index in [1.54, 1.807) is 14.0 Å². The molecule has 0 spiro atoms. The molecule has 0 aromatic heterocycles. The Balaban J connectivity index is 3.37. The van der Waals surface area contributed by atoms with Gasteiger partial charge in [-0.2, -0.15) is 5.26 Å². The monoisotopic (exact) mass is 221 g/mol. The highest BCUT2D eigenvalue weighted by Crippen LogP contribution is 2.31. The number of rotatable bonds is 2. The molecule has 0 unspecified atom stereocenters. The van der Waals surface area contributed by atoms with Crippen molar-refractivity contribution in [3.05, 3.63) is 34.9 Å². The molecular formula is C12H12ClNO. The molecule has 2 nitrogen and oxygen atoms in total. The number of nitriles is 1. The molecule has 0 bridgehead atoms. The lowest BCUT2D eigenvalue weighted by Gasteiger charge is -2.08. The van der Waals surface area contributed by atoms with Crippen molar-refractivity contribution in [2.75, 3.05) is 7.11 Å². The molecule has 15 heavy (non-hydrogen) atoms. The predicted molar refractivity (Wildman–Crippen MR) is 61.8 cm³/mol. The second kappa shape index (κ2) is 4.86. The van der Waals surface area contributed by atoms with Crippen molar-refractivity contribution in [2.24, 2.45) is 0 Å². The first-order chi connectivity index (χ1) is 7.10. The number of hydrogen-bond acceptors (Lipinski definition) is 2. The minimum atomic E-state index is 0.443. The molecule has 1 aromatic rings. The predicted octanol–water partition coefficient (Wildman–Crippen LogP) is 3.50. The Labute approximate surface area is 94.7 Å². The van der Waals surface area contributed by atoms with Gasteiger partial charge >= 0.3 is 0 Å². The minimum absolute atomic E-state index is 0.443. The SMILES string of the molecule is COc1ccc(C)cc1C(Cl)=C(C)C#N. The molecule has 0 heterocycles. The molecule has 0 radical (unpaired) electrons. The molecule has 0 fully saturated rings. The van der Waals surface area contributed by atoms with Crippen LogP contribution in [0.2, 0.25) is 0 Å². The number of methoxy groups -OCH3 is 1. The lowest BCUT2D eigenvalue weighted by Crippen LogP contribution is -1.91. The lowest BCUT2D eigenvalue weighted by molar-refractivity contribution is 0.413. The Hall–Kier alpha value is -1.46. The highest BCUT2D eigenvalue weighted by atomic mass is 35.5. The molecule has 0 N–H and O–H groups in total. The minimum Gasteiger partial charge on any atom is -0.496 e. The molecule has 0 saturated heterocycles. The standard InChI is InChI=1S/C12H12ClNO/c1-8-4-5-11(15-3)10(6-8)12(13)9(2)7-14/h4-6H,1-3H3. The molecule has 0 amide bonds. The van der Waals surface area contributed by atoms with Crippen molar-refractivity contribution in [1.82, 2.24) is 0 Å². The first kappa shape index (κ1) is 11.6. The second-order valence-electron chi connectivity index (χ2n) is 3.25. The number of hydrogen-bond donors (Lipinski definition) is 0. The van der Waals surface area contributed by atoms with Crippen LogP contribution in [0.1, 0.15) is 18.1 Å². The number of aryl methyl sites for hydroxylation is 1. The summed E-state index contributed by atoms with van der Waals surface area (Å²) in [5.41, 5.74) is 2.33. The van der Waals surface area contributed by atoms with Gasteiger partial charge in [-0.3, -0.25) is 0 Å². The first-order valence-corrected chi connectivity index (χ1v) is 4.89. The van der Waals surface area contributed by atoms with Crippen molar-refractivity contribution in [1.29, 1.82) is 5.26 Å². The highest BCUT2D eigenvalue weighted by Gasteiger charge is 2.09. The maximum absolute atomic E-state index is 8.77. The van der Waals surface area contributed by atoms with Crippen molar-refractivity contribution >= 4 is 16.6 Å². The van der Waals surface area contributed by atoms with E-state index in [1.807, 2.05) is 31.2 Å². The van der Waals surface area contributed by atoms with Crippen LogP contribution in [0.3, 0.4) is 0 Å². The van der Waals surface area contributed by atoms with Crippen LogP contribution < -0.4 is 4.74 Å². The summed E-state index contributed by atoms with van der Waals surface area (Å²) in [4.78, 5) is 0. The number of allylic oxidation sites excluding steroid dienone is 1. The summed E-state index contributed by atoms with van der Waals surface area (Å²) >= 11 is 6.09. The number of nitrogens with zero attached hydrogens (tertiary/aromatic N) is 1. The zero-order valence-electron chi connectivity index (χ0n) is 8.97. The molecule has 0 aliphatic rings. The Bertz CT molecular complexity index is 443. The van der Waals surface area contributed by atoms with E-state index in [1.165, 1.54) is 0 Å². The maximum atomic E-state index is 8.77. The van der Waals surface area contributed by atoms with Gasteiger partial charge in [0.1, 0.15) is 5.75 Å². The van der Waals surface area contributed by atoms with Crippen LogP contribution in [0.15, 0.2) is 23.8 Å². The zero-order valence-corrected chi connectivity index (χ0v) is 9.72. The van der Waals surface area contributed by atoms with E-state index in [4.69, 9.17) is 21.6 Å². The summed E-state index contributed by atoms with van der Waals surface area (Å²) in [5, 5.41) is 9.21. The van der Waals surface area contributed by atoms with Crippen LogP contribution in [-0.4, -0.2) is 7.11 Å². The third-order valence-electron chi connectivity index (χ3n) is 2.09. The van der Waals surface area contributed by atoms with Crippen molar-refractivity contribution in [3.63, 3.8) is 0 Å². The normalized spacial score (nSPS) is 11.7. The average Bonchev–Trinajstić information content (AvgIpc) is 2.27. The van der Waals surface area contributed by atoms with Crippen LogP contribution in [-0.2, 0) is 0 Å². The molecule has 1 aromatic carbocycles. The van der Waals surface area contributed by atoms with Crippen LogP contribution in [0.5, 0.6) is 5.75 Å². The largest absolute Gasteiger partial charge is 0.496 e. The molecule has 0 atom stereocenters. The summed E-state index contributed by atoms with van der Waals surface area (Å²) in [5.74, 6) is 0.681. The van der Waals surface area contributed by atoms with Gasteiger partial charge in [-0.05, 0) is 26.0 Å². The van der Waals surface area contributed by atoms with Crippen LogP contribution in [0, 0.1) is 18.3 Å². The second-order valence-corrected chi connectivity index (χ2v) is 3.63. The quantitative estimate of drug-likeness (QED) is 0.717. The maximum Gasteiger partial charge on any atom is 0.127 e. The molecule has 0 aliphatic carbocycles. The van der Waals surface area contributed by atoms with Crippen molar-refractivity contribution in [3.8, 4) is 11.8 Å². The molecule has 3 heteroatoms. The number of halogens is 1. The van der Waals surface area contributed by atoms with Gasteiger partial charge in [0, 0.05) is 11.1 Å². The van der Waals surface area contributed by atoms with E-state index in [0.717, 1.165) is 11.1 Å². The summed E-state index contributed by atoms with van der Waals surface area (Å²) in [6.45, 7) is 3.65. The van der Waals surface area contributed by atoms with Crippen LogP contribution in [0.4, 0.5) is 0 Å². The number of ether oxygens (including phenoxy) is 1. The van der Waals surface area contributed by atoms with Gasteiger partial charge in [0.15, 0.2) is 0 Å². The molecule has 78 valence electrons. The molecule has 0 aliphatic heterocycles. The van der Waals surface area contributed by atoms with E-state index in [9.17, 15) is 0 Å². The van der Waals surface area contributed by atoms with Crippen molar-refractivity contribution in [2.45, 2.75) is 13.8 Å². The van der Waals surface area contributed by atoms with Crippen LogP contribution >= 0.6 is 11.6 Å². The zero-order chi connectivity index (χ0) is 11.4. The van der Waals surface area contributed by atoms with E-state index in [0.29, 0.717) is 16.4 Å². The fourth-order valence-electron chi connectivity index (χ4n) is 1.24. The fourth-order valence-corrected chi connectivity index (χ4v) is 1.43. The third kappa shape index (κ3) is 2.51. The van der Waals surface area contributed by atoms with E-state index in [2.05, 4.69) is 0 Å². The average molecular weight is 222 g/mol. The third-order valence-corrected chi connectivity index (χ3v) is 2.58. The van der Waals surface area contributed by atoms with Gasteiger partial charge in [-0.25, -0.2) is 0 Å². The smallest absolute Gasteiger partial charge is 0.127 e. The Morgan fingerprint density at radius 1 is 1.47 bits per heavy atom. The molecule has 1 rings (SSSR count). The Kier molecular flexibility index (Phi) is 3.76. The van der Waals surface area contributed by atoms with Gasteiger partial charge in [0.2, 0.25) is 0 Å². The summed E-state index contributed by atoms with van der Waals surface area (Å²) < 4.78 is 5.19. The van der Waals surface area contributed by atoms with Crippen molar-refractivity contribution < 1.29 is 4.74 Å². The van der Waals surface area contributed by atoms with E-state index >= 15 is 0 Å². The topological polar surface area (TPSA) is 33.0 Å². The molecular weight excluding hydrogens is 210 g/mol. The lowest BCUT2D eigenvalue weighted by atomic mass is 10.1. The van der Waals surface area contributed by atoms with Gasteiger partial charge in [0.25, 0.3) is 0 Å². The Morgan fingerprint density at radius 3 is 2.67 bits per heavy atom. The summed E-state index contributed by atoms with van der Waals surface area (Å²) in [6, 6.07) is 7.71. The Morgan fingerprint density at radius 2 is 2.13 bits per heavy atom. The van der Waals surface area contributed by atoms with Crippen LogP contribution in [0.25, 0.3) is 5.03 Å². The summed E-state index contributed by atoms with van der Waals surface area (Å²) in [6.07, 6.45) is 0. The van der Waals surface area contributed by atoms with E-state index < -0.39 is 0 Å². The van der Waals surface area contributed by atoms with E-state index in [-0.39, 0.29) is 0 Å². The molecule has 0 saturated carbocycles.